The number of aromatic nitrogens is 2. The third-order valence-corrected chi connectivity index (χ3v) is 5.55. The second kappa shape index (κ2) is 7.55. The van der Waals surface area contributed by atoms with Crippen LogP contribution >= 0.6 is 11.6 Å². The second-order valence-corrected chi connectivity index (χ2v) is 8.09. The smallest absolute Gasteiger partial charge is 0.257 e. The quantitative estimate of drug-likeness (QED) is 0.480. The summed E-state index contributed by atoms with van der Waals surface area (Å²) in [5, 5.41) is 1.34. The molecule has 0 aliphatic heterocycles. The van der Waals surface area contributed by atoms with Crippen molar-refractivity contribution in [3.63, 3.8) is 0 Å². The van der Waals surface area contributed by atoms with Gasteiger partial charge in [-0.15, -0.1) is 4.83 Å². The highest BCUT2D eigenvalue weighted by molar-refractivity contribution is 7.89. The molecule has 1 aromatic heterocycles. The number of halogens is 1. The summed E-state index contributed by atoms with van der Waals surface area (Å²) in [6, 6.07) is 22.9. The van der Waals surface area contributed by atoms with Gasteiger partial charge in [-0.3, -0.25) is 5.43 Å². The van der Waals surface area contributed by atoms with Gasteiger partial charge in [0.25, 0.3) is 10.0 Å². The van der Waals surface area contributed by atoms with Crippen molar-refractivity contribution in [3.05, 3.63) is 83.9 Å². The van der Waals surface area contributed by atoms with Gasteiger partial charge in [0.15, 0.2) is 0 Å². The molecule has 4 rings (SSSR count). The Balaban J connectivity index is 1.73. The Morgan fingerprint density at radius 1 is 0.821 bits per heavy atom. The fourth-order valence-electron chi connectivity index (χ4n) is 2.74. The molecule has 28 heavy (non-hydrogen) atoms. The third kappa shape index (κ3) is 3.82. The SMILES string of the molecule is O=S(=O)(NNc1nc(-c2ccccc2)c2cc(Cl)ccc2n1)c1ccccc1. The molecule has 0 saturated carbocycles. The summed E-state index contributed by atoms with van der Waals surface area (Å²) < 4.78 is 24.8. The van der Waals surface area contributed by atoms with Crippen molar-refractivity contribution in [1.82, 2.24) is 14.8 Å². The van der Waals surface area contributed by atoms with Crippen LogP contribution in [0.2, 0.25) is 5.02 Å². The van der Waals surface area contributed by atoms with Crippen LogP contribution in [-0.4, -0.2) is 18.4 Å². The number of nitrogens with one attached hydrogen (secondary N) is 2. The van der Waals surface area contributed by atoms with Crippen LogP contribution in [-0.2, 0) is 10.0 Å². The lowest BCUT2D eigenvalue weighted by atomic mass is 10.1. The van der Waals surface area contributed by atoms with Crippen molar-refractivity contribution in [2.75, 3.05) is 5.43 Å². The normalized spacial score (nSPS) is 11.5. The zero-order chi connectivity index (χ0) is 19.6. The monoisotopic (exact) mass is 410 g/mol. The highest BCUT2D eigenvalue weighted by Gasteiger charge is 2.15. The van der Waals surface area contributed by atoms with Crippen LogP contribution in [0, 0.1) is 0 Å². The van der Waals surface area contributed by atoms with Gasteiger partial charge in [-0.1, -0.05) is 60.1 Å². The van der Waals surface area contributed by atoms with Crippen LogP contribution in [0.15, 0.2) is 83.8 Å². The van der Waals surface area contributed by atoms with Crippen LogP contribution in [0.1, 0.15) is 0 Å². The van der Waals surface area contributed by atoms with E-state index in [1.807, 2.05) is 30.3 Å². The Morgan fingerprint density at radius 2 is 1.50 bits per heavy atom. The van der Waals surface area contributed by atoms with Gasteiger partial charge in [0, 0.05) is 16.0 Å². The van der Waals surface area contributed by atoms with Gasteiger partial charge in [0.1, 0.15) is 0 Å². The van der Waals surface area contributed by atoms with Gasteiger partial charge in [0.2, 0.25) is 5.95 Å². The fraction of sp³-hybridized carbons (Fsp3) is 0. The summed E-state index contributed by atoms with van der Waals surface area (Å²) in [6.45, 7) is 0. The van der Waals surface area contributed by atoms with Crippen molar-refractivity contribution in [3.8, 4) is 11.3 Å². The number of anilines is 1. The number of hydrazine groups is 1. The van der Waals surface area contributed by atoms with E-state index in [2.05, 4.69) is 20.2 Å². The number of sulfonamides is 1. The van der Waals surface area contributed by atoms with E-state index in [0.717, 1.165) is 10.9 Å². The minimum atomic E-state index is -3.76. The predicted molar refractivity (Wildman–Crippen MR) is 110 cm³/mol. The first-order valence-electron chi connectivity index (χ1n) is 8.38. The summed E-state index contributed by atoms with van der Waals surface area (Å²) in [4.78, 5) is 11.3. The van der Waals surface area contributed by atoms with Crippen LogP contribution in [0.3, 0.4) is 0 Å². The minimum absolute atomic E-state index is 0.133. The second-order valence-electron chi connectivity index (χ2n) is 5.97. The molecular weight excluding hydrogens is 396 g/mol. The Morgan fingerprint density at radius 3 is 2.21 bits per heavy atom. The van der Waals surface area contributed by atoms with Gasteiger partial charge in [-0.2, -0.15) is 0 Å². The molecule has 0 atom stereocenters. The van der Waals surface area contributed by atoms with Gasteiger partial charge >= 0.3 is 0 Å². The summed E-state index contributed by atoms with van der Waals surface area (Å²) in [5.41, 5.74) is 4.76. The molecule has 6 nitrogen and oxygen atoms in total. The lowest BCUT2D eigenvalue weighted by Crippen LogP contribution is -2.30. The standard InChI is InChI=1S/C20H15ClN4O2S/c21-15-11-12-18-17(13-15)19(14-7-3-1-4-8-14)23-20(22-18)24-25-28(26,27)16-9-5-2-6-10-16/h1-13,25H,(H,22,23,24). The topological polar surface area (TPSA) is 84.0 Å². The third-order valence-electron chi connectivity index (χ3n) is 4.06. The maximum absolute atomic E-state index is 12.4. The van der Waals surface area contributed by atoms with E-state index in [1.165, 1.54) is 12.1 Å². The molecule has 4 aromatic rings. The first kappa shape index (κ1) is 18.4. The number of benzene rings is 3. The van der Waals surface area contributed by atoms with Gasteiger partial charge < -0.3 is 0 Å². The molecule has 1 heterocycles. The minimum Gasteiger partial charge on any atom is -0.276 e. The van der Waals surface area contributed by atoms with Gasteiger partial charge in [-0.25, -0.2) is 18.4 Å². The lowest BCUT2D eigenvalue weighted by Gasteiger charge is -2.12. The zero-order valence-electron chi connectivity index (χ0n) is 14.5. The summed E-state index contributed by atoms with van der Waals surface area (Å²) in [5.74, 6) is 0.133. The van der Waals surface area contributed by atoms with Crippen molar-refractivity contribution < 1.29 is 8.42 Å². The van der Waals surface area contributed by atoms with E-state index >= 15 is 0 Å². The molecule has 0 unspecified atom stereocenters. The molecule has 3 aromatic carbocycles. The van der Waals surface area contributed by atoms with Crippen molar-refractivity contribution in [2.24, 2.45) is 0 Å². The Bertz CT molecular complexity index is 1230. The van der Waals surface area contributed by atoms with Crippen LogP contribution in [0.4, 0.5) is 5.95 Å². The number of fused-ring (bicyclic) bond motifs is 1. The highest BCUT2D eigenvalue weighted by atomic mass is 35.5. The van der Waals surface area contributed by atoms with E-state index in [0.29, 0.717) is 16.2 Å². The van der Waals surface area contributed by atoms with Crippen LogP contribution in [0.25, 0.3) is 22.2 Å². The van der Waals surface area contributed by atoms with E-state index < -0.39 is 10.0 Å². The summed E-state index contributed by atoms with van der Waals surface area (Å²) in [7, 11) is -3.76. The largest absolute Gasteiger partial charge is 0.276 e. The molecule has 2 N–H and O–H groups in total. The Hall–Kier alpha value is -3.00. The first-order chi connectivity index (χ1) is 13.5. The summed E-state index contributed by atoms with van der Waals surface area (Å²) >= 11 is 6.14. The predicted octanol–water partition coefficient (Wildman–Crippen LogP) is 4.26. The zero-order valence-corrected chi connectivity index (χ0v) is 16.1. The molecule has 0 radical (unpaired) electrons. The molecule has 140 valence electrons. The van der Waals surface area contributed by atoms with E-state index in [-0.39, 0.29) is 10.8 Å². The molecule has 0 aliphatic rings. The molecule has 0 aliphatic carbocycles. The van der Waals surface area contributed by atoms with Crippen LogP contribution in [0.5, 0.6) is 0 Å². The van der Waals surface area contributed by atoms with Crippen molar-refractivity contribution in [2.45, 2.75) is 4.90 Å². The fourth-order valence-corrected chi connectivity index (χ4v) is 3.78. The maximum atomic E-state index is 12.4. The van der Waals surface area contributed by atoms with Gasteiger partial charge in [0.05, 0.1) is 16.1 Å². The average Bonchev–Trinajstić information content (AvgIpc) is 2.73. The first-order valence-corrected chi connectivity index (χ1v) is 10.2. The Labute approximate surface area is 167 Å². The molecule has 0 fully saturated rings. The van der Waals surface area contributed by atoms with Gasteiger partial charge in [-0.05, 0) is 30.3 Å². The van der Waals surface area contributed by atoms with E-state index in [9.17, 15) is 8.42 Å². The number of rotatable bonds is 5. The molecule has 8 heteroatoms. The molecule has 0 bridgehead atoms. The molecular formula is C20H15ClN4O2S. The number of hydrogen-bond acceptors (Lipinski definition) is 5. The van der Waals surface area contributed by atoms with E-state index in [4.69, 9.17) is 11.6 Å². The molecule has 0 saturated heterocycles. The Kier molecular flexibility index (Phi) is 4.95. The van der Waals surface area contributed by atoms with Crippen molar-refractivity contribution in [1.29, 1.82) is 0 Å². The lowest BCUT2D eigenvalue weighted by molar-refractivity contribution is 0.587. The maximum Gasteiger partial charge on any atom is 0.257 e. The summed E-state index contributed by atoms with van der Waals surface area (Å²) in [6.07, 6.45) is 0. The van der Waals surface area contributed by atoms with E-state index in [1.54, 1.807) is 36.4 Å². The number of hydrogen-bond donors (Lipinski definition) is 2. The highest BCUT2D eigenvalue weighted by Crippen LogP contribution is 2.29. The number of nitrogens with zero attached hydrogens (tertiary/aromatic N) is 2. The van der Waals surface area contributed by atoms with Crippen LogP contribution < -0.4 is 10.3 Å². The molecule has 0 amide bonds. The molecule has 0 spiro atoms. The average molecular weight is 411 g/mol. The van der Waals surface area contributed by atoms with Crippen molar-refractivity contribution >= 4 is 38.5 Å².